The molecule has 2 saturated heterocycles. The van der Waals surface area contributed by atoms with Gasteiger partial charge in [0.15, 0.2) is 0 Å². The van der Waals surface area contributed by atoms with Gasteiger partial charge in [0.2, 0.25) is 5.91 Å². The van der Waals surface area contributed by atoms with Gasteiger partial charge >= 0.3 is 0 Å². The number of likely N-dealkylation sites (tertiary alicyclic amines) is 1. The van der Waals surface area contributed by atoms with E-state index in [-0.39, 0.29) is 24.0 Å². The lowest BCUT2D eigenvalue weighted by atomic mass is 10.0. The van der Waals surface area contributed by atoms with E-state index >= 15 is 0 Å². The lowest BCUT2D eigenvalue weighted by Crippen LogP contribution is -2.52. The van der Waals surface area contributed by atoms with Gasteiger partial charge in [-0.25, -0.2) is 0 Å². The molecule has 7 nitrogen and oxygen atoms in total. The average Bonchev–Trinajstić information content (AvgIpc) is 2.41. The number of nitrogens with zero attached hydrogens (tertiary/aromatic N) is 1. The molecule has 0 aromatic heterocycles. The summed E-state index contributed by atoms with van der Waals surface area (Å²) in [6, 6.07) is 0.169. The standard InChI is InChI=1S/C12H22N4O3/c13-11(17)8-16-4-1-9(2-5-16)15-12(18)10-7-14-3-6-19-10/h9-10,14H,1-8H2,(H2,13,17)(H,15,18). The van der Waals surface area contributed by atoms with Crippen molar-refractivity contribution in [3.8, 4) is 0 Å². The number of nitrogens with two attached hydrogens (primary N) is 1. The van der Waals surface area contributed by atoms with Gasteiger partial charge in [-0.1, -0.05) is 0 Å². The zero-order valence-corrected chi connectivity index (χ0v) is 11.1. The second-order valence-corrected chi connectivity index (χ2v) is 5.09. The summed E-state index contributed by atoms with van der Waals surface area (Å²) in [4.78, 5) is 24.8. The maximum absolute atomic E-state index is 12.0. The lowest BCUT2D eigenvalue weighted by Gasteiger charge is -2.32. The zero-order chi connectivity index (χ0) is 13.7. The molecule has 0 aliphatic carbocycles. The molecular formula is C12H22N4O3. The van der Waals surface area contributed by atoms with Crippen molar-refractivity contribution in [1.29, 1.82) is 0 Å². The quantitative estimate of drug-likeness (QED) is 0.551. The molecule has 7 heteroatoms. The first-order chi connectivity index (χ1) is 9.15. The number of rotatable bonds is 4. The second-order valence-electron chi connectivity index (χ2n) is 5.09. The van der Waals surface area contributed by atoms with Crippen LogP contribution < -0.4 is 16.4 Å². The van der Waals surface area contributed by atoms with Crippen molar-refractivity contribution in [3.63, 3.8) is 0 Å². The molecule has 2 fully saturated rings. The minimum absolute atomic E-state index is 0.0412. The minimum atomic E-state index is -0.377. The van der Waals surface area contributed by atoms with E-state index in [4.69, 9.17) is 10.5 Å². The SMILES string of the molecule is NC(=O)CN1CCC(NC(=O)C2CNCCO2)CC1. The average molecular weight is 270 g/mol. The van der Waals surface area contributed by atoms with E-state index in [1.165, 1.54) is 0 Å². The highest BCUT2D eigenvalue weighted by Crippen LogP contribution is 2.10. The molecule has 2 heterocycles. The molecule has 108 valence electrons. The third kappa shape index (κ3) is 4.45. The maximum atomic E-state index is 12.0. The second kappa shape index (κ2) is 6.83. The Hall–Kier alpha value is -1.18. The summed E-state index contributed by atoms with van der Waals surface area (Å²) in [6.45, 7) is 3.84. The van der Waals surface area contributed by atoms with Crippen LogP contribution in [0.3, 0.4) is 0 Å². The summed E-state index contributed by atoms with van der Waals surface area (Å²) in [7, 11) is 0. The molecule has 0 aromatic carbocycles. The van der Waals surface area contributed by atoms with Gasteiger partial charge in [0, 0.05) is 32.2 Å². The van der Waals surface area contributed by atoms with Crippen LogP contribution in [0.5, 0.6) is 0 Å². The van der Waals surface area contributed by atoms with E-state index in [0.29, 0.717) is 19.7 Å². The zero-order valence-electron chi connectivity index (χ0n) is 11.1. The van der Waals surface area contributed by atoms with Crippen LogP contribution in [0.25, 0.3) is 0 Å². The Balaban J connectivity index is 1.69. The van der Waals surface area contributed by atoms with Gasteiger partial charge in [-0.2, -0.15) is 0 Å². The Labute approximate surface area is 112 Å². The Morgan fingerprint density at radius 3 is 2.68 bits per heavy atom. The van der Waals surface area contributed by atoms with Crippen LogP contribution in [0.15, 0.2) is 0 Å². The number of ether oxygens (including phenoxy) is 1. The number of nitrogens with one attached hydrogen (secondary N) is 2. The number of hydrogen-bond donors (Lipinski definition) is 3. The van der Waals surface area contributed by atoms with Gasteiger partial charge in [0.1, 0.15) is 6.10 Å². The number of primary amides is 1. The van der Waals surface area contributed by atoms with Crippen molar-refractivity contribution < 1.29 is 14.3 Å². The molecule has 4 N–H and O–H groups in total. The number of carbonyl (C=O) groups excluding carboxylic acids is 2. The molecule has 1 atom stereocenters. The highest BCUT2D eigenvalue weighted by atomic mass is 16.5. The van der Waals surface area contributed by atoms with E-state index in [1.807, 2.05) is 4.90 Å². The summed E-state index contributed by atoms with van der Waals surface area (Å²) in [5.74, 6) is -0.343. The van der Waals surface area contributed by atoms with Crippen LogP contribution in [-0.4, -0.2) is 68.2 Å². The molecule has 19 heavy (non-hydrogen) atoms. The van der Waals surface area contributed by atoms with E-state index in [9.17, 15) is 9.59 Å². The fraction of sp³-hybridized carbons (Fsp3) is 0.833. The van der Waals surface area contributed by atoms with Crippen molar-refractivity contribution >= 4 is 11.8 Å². The molecular weight excluding hydrogens is 248 g/mol. The Kier molecular flexibility index (Phi) is 5.12. The van der Waals surface area contributed by atoms with Crippen LogP contribution >= 0.6 is 0 Å². The van der Waals surface area contributed by atoms with Crippen molar-refractivity contribution in [3.05, 3.63) is 0 Å². The first-order valence-electron chi connectivity index (χ1n) is 6.78. The van der Waals surface area contributed by atoms with E-state index in [1.54, 1.807) is 0 Å². The molecule has 2 rings (SSSR count). The molecule has 0 radical (unpaired) electrons. The monoisotopic (exact) mass is 270 g/mol. The van der Waals surface area contributed by atoms with Gasteiger partial charge in [-0.3, -0.25) is 14.5 Å². The van der Waals surface area contributed by atoms with Gasteiger partial charge in [0.25, 0.3) is 5.91 Å². The number of amides is 2. The maximum Gasteiger partial charge on any atom is 0.250 e. The number of piperidine rings is 1. The van der Waals surface area contributed by atoms with Crippen LogP contribution in [-0.2, 0) is 14.3 Å². The first-order valence-corrected chi connectivity index (χ1v) is 6.78. The molecule has 2 aliphatic heterocycles. The van der Waals surface area contributed by atoms with Crippen molar-refractivity contribution in [2.24, 2.45) is 5.73 Å². The highest BCUT2D eigenvalue weighted by Gasteiger charge is 2.26. The summed E-state index contributed by atoms with van der Waals surface area (Å²) in [5.41, 5.74) is 5.16. The lowest BCUT2D eigenvalue weighted by molar-refractivity contribution is -0.135. The summed E-state index contributed by atoms with van der Waals surface area (Å²) in [6.07, 6.45) is 1.32. The highest BCUT2D eigenvalue weighted by molar-refractivity contribution is 5.81. The largest absolute Gasteiger partial charge is 0.369 e. The summed E-state index contributed by atoms with van der Waals surface area (Å²) < 4.78 is 5.41. The van der Waals surface area contributed by atoms with E-state index in [2.05, 4.69) is 10.6 Å². The van der Waals surface area contributed by atoms with Gasteiger partial charge in [0.05, 0.1) is 13.2 Å². The van der Waals surface area contributed by atoms with Crippen LogP contribution in [0.2, 0.25) is 0 Å². The van der Waals surface area contributed by atoms with Crippen molar-refractivity contribution in [2.75, 3.05) is 39.3 Å². The van der Waals surface area contributed by atoms with E-state index in [0.717, 1.165) is 32.5 Å². The Bertz CT molecular complexity index is 323. The van der Waals surface area contributed by atoms with Crippen LogP contribution in [0.1, 0.15) is 12.8 Å². The number of morpholine rings is 1. The fourth-order valence-electron chi connectivity index (χ4n) is 2.48. The van der Waals surface area contributed by atoms with Gasteiger partial charge < -0.3 is 21.1 Å². The number of carbonyl (C=O) groups is 2. The predicted molar refractivity (Wildman–Crippen MR) is 69.4 cm³/mol. The predicted octanol–water partition coefficient (Wildman–Crippen LogP) is -1.96. The molecule has 0 aromatic rings. The molecule has 2 aliphatic rings. The summed E-state index contributed by atoms with van der Waals surface area (Å²) in [5, 5.41) is 6.15. The first kappa shape index (κ1) is 14.2. The van der Waals surface area contributed by atoms with Gasteiger partial charge in [-0.05, 0) is 12.8 Å². The fourth-order valence-corrected chi connectivity index (χ4v) is 2.48. The third-order valence-corrected chi connectivity index (χ3v) is 3.53. The summed E-state index contributed by atoms with van der Waals surface area (Å²) >= 11 is 0. The van der Waals surface area contributed by atoms with Gasteiger partial charge in [-0.15, -0.1) is 0 Å². The van der Waals surface area contributed by atoms with Crippen molar-refractivity contribution in [1.82, 2.24) is 15.5 Å². The number of hydrogen-bond acceptors (Lipinski definition) is 5. The Morgan fingerprint density at radius 1 is 1.37 bits per heavy atom. The smallest absolute Gasteiger partial charge is 0.250 e. The minimum Gasteiger partial charge on any atom is -0.369 e. The molecule has 0 saturated carbocycles. The molecule has 1 unspecified atom stereocenters. The molecule has 2 amide bonds. The third-order valence-electron chi connectivity index (χ3n) is 3.53. The normalized spacial score (nSPS) is 26.0. The topological polar surface area (TPSA) is 96.7 Å². The van der Waals surface area contributed by atoms with Crippen LogP contribution in [0, 0.1) is 0 Å². The van der Waals surface area contributed by atoms with Crippen LogP contribution in [0.4, 0.5) is 0 Å². The van der Waals surface area contributed by atoms with E-state index < -0.39 is 0 Å². The van der Waals surface area contributed by atoms with Crippen molar-refractivity contribution in [2.45, 2.75) is 25.0 Å². The molecule has 0 bridgehead atoms. The molecule has 0 spiro atoms. The Morgan fingerprint density at radius 2 is 2.11 bits per heavy atom.